The van der Waals surface area contributed by atoms with Crippen molar-refractivity contribution in [3.05, 3.63) is 0 Å². The van der Waals surface area contributed by atoms with Gasteiger partial charge in [0.15, 0.2) is 0 Å². The second-order valence-electron chi connectivity index (χ2n) is 5.93. The maximum atomic E-state index is 3.54. The predicted octanol–water partition coefficient (Wildman–Crippen LogP) is 0.527. The third-order valence-electron chi connectivity index (χ3n) is 3.54. The Bertz CT molecular complexity index is 197. The van der Waals surface area contributed by atoms with E-state index in [1.54, 1.807) is 0 Å². The van der Waals surface area contributed by atoms with Crippen LogP contribution in [0.2, 0.25) is 0 Å². The van der Waals surface area contributed by atoms with Crippen LogP contribution >= 0.6 is 0 Å². The van der Waals surface area contributed by atoms with Gasteiger partial charge < -0.3 is 15.5 Å². The van der Waals surface area contributed by atoms with Crippen LogP contribution in [0.1, 0.15) is 20.3 Å². The third kappa shape index (κ3) is 3.44. The fraction of sp³-hybridized carbons (Fsp3) is 1.00. The van der Waals surface area contributed by atoms with Crippen molar-refractivity contribution < 1.29 is 0 Å². The highest BCUT2D eigenvalue weighted by atomic mass is 15.2. The summed E-state index contributed by atoms with van der Waals surface area (Å²) in [4.78, 5) is 2.65. The molecule has 0 saturated carbocycles. The molecule has 0 amide bonds. The van der Waals surface area contributed by atoms with Gasteiger partial charge in [-0.3, -0.25) is 0 Å². The molecule has 1 unspecified atom stereocenters. The molecule has 2 saturated heterocycles. The molecule has 1 atom stereocenters. The van der Waals surface area contributed by atoms with E-state index >= 15 is 0 Å². The molecule has 2 rings (SSSR count). The van der Waals surface area contributed by atoms with E-state index in [2.05, 4.69) is 29.4 Å². The normalized spacial score (nSPS) is 32.8. The van der Waals surface area contributed by atoms with E-state index in [9.17, 15) is 0 Å². The van der Waals surface area contributed by atoms with Gasteiger partial charge in [-0.2, -0.15) is 0 Å². The van der Waals surface area contributed by atoms with Crippen molar-refractivity contribution in [3.8, 4) is 0 Å². The standard InChI is InChI=1S/C12H25N3/c1-12(2)9-14-5-6-15(10-12)8-11-3-4-13-7-11/h11,13-14H,3-10H2,1-2H3. The molecule has 2 aliphatic heterocycles. The Hall–Kier alpha value is -0.120. The van der Waals surface area contributed by atoms with Crippen LogP contribution in [0.3, 0.4) is 0 Å². The summed E-state index contributed by atoms with van der Waals surface area (Å²) in [7, 11) is 0. The van der Waals surface area contributed by atoms with Crippen molar-refractivity contribution >= 4 is 0 Å². The molecule has 0 aliphatic carbocycles. The van der Waals surface area contributed by atoms with E-state index in [4.69, 9.17) is 0 Å². The second kappa shape index (κ2) is 4.81. The van der Waals surface area contributed by atoms with Gasteiger partial charge in [0.25, 0.3) is 0 Å². The van der Waals surface area contributed by atoms with Crippen LogP contribution in [0, 0.1) is 11.3 Å². The molecular formula is C12H25N3. The fourth-order valence-electron chi connectivity index (χ4n) is 2.80. The topological polar surface area (TPSA) is 27.3 Å². The predicted molar refractivity (Wildman–Crippen MR) is 64.1 cm³/mol. The summed E-state index contributed by atoms with van der Waals surface area (Å²) < 4.78 is 0. The van der Waals surface area contributed by atoms with E-state index < -0.39 is 0 Å². The first-order chi connectivity index (χ1) is 7.16. The first-order valence-electron chi connectivity index (χ1n) is 6.29. The molecule has 88 valence electrons. The van der Waals surface area contributed by atoms with Crippen molar-refractivity contribution in [2.75, 3.05) is 45.8 Å². The van der Waals surface area contributed by atoms with E-state index in [1.807, 2.05) is 0 Å². The molecule has 2 N–H and O–H groups in total. The molecule has 2 heterocycles. The van der Waals surface area contributed by atoms with Crippen molar-refractivity contribution in [1.29, 1.82) is 0 Å². The zero-order valence-electron chi connectivity index (χ0n) is 10.2. The van der Waals surface area contributed by atoms with E-state index in [1.165, 1.54) is 39.1 Å². The van der Waals surface area contributed by atoms with Gasteiger partial charge in [0.1, 0.15) is 0 Å². The molecule has 2 fully saturated rings. The van der Waals surface area contributed by atoms with Gasteiger partial charge in [-0.25, -0.2) is 0 Å². The number of rotatable bonds is 2. The Labute approximate surface area is 93.6 Å². The van der Waals surface area contributed by atoms with Gasteiger partial charge in [-0.15, -0.1) is 0 Å². The zero-order valence-corrected chi connectivity index (χ0v) is 10.2. The first-order valence-corrected chi connectivity index (χ1v) is 6.29. The maximum absolute atomic E-state index is 3.54. The summed E-state index contributed by atoms with van der Waals surface area (Å²) in [6.07, 6.45) is 1.37. The number of hydrogen-bond acceptors (Lipinski definition) is 3. The summed E-state index contributed by atoms with van der Waals surface area (Å²) in [6, 6.07) is 0. The molecule has 2 aliphatic rings. The quantitative estimate of drug-likeness (QED) is 0.697. The summed E-state index contributed by atoms with van der Waals surface area (Å²) in [5.74, 6) is 0.888. The monoisotopic (exact) mass is 211 g/mol. The largest absolute Gasteiger partial charge is 0.316 e. The molecule has 0 spiro atoms. The maximum Gasteiger partial charge on any atom is 0.0107 e. The third-order valence-corrected chi connectivity index (χ3v) is 3.54. The lowest BCUT2D eigenvalue weighted by Gasteiger charge is -2.30. The molecule has 0 radical (unpaired) electrons. The number of nitrogens with one attached hydrogen (secondary N) is 2. The Morgan fingerprint density at radius 2 is 2.13 bits per heavy atom. The smallest absolute Gasteiger partial charge is 0.0107 e. The Morgan fingerprint density at radius 1 is 1.27 bits per heavy atom. The van der Waals surface area contributed by atoms with Gasteiger partial charge in [-0.1, -0.05) is 13.8 Å². The molecule has 3 nitrogen and oxygen atoms in total. The summed E-state index contributed by atoms with van der Waals surface area (Å²) in [5.41, 5.74) is 0.433. The van der Waals surface area contributed by atoms with Crippen molar-refractivity contribution in [2.45, 2.75) is 20.3 Å². The zero-order chi connectivity index (χ0) is 10.7. The highest BCUT2D eigenvalue weighted by Gasteiger charge is 2.26. The van der Waals surface area contributed by atoms with Crippen molar-refractivity contribution in [2.24, 2.45) is 11.3 Å². The van der Waals surface area contributed by atoms with Gasteiger partial charge in [0.05, 0.1) is 0 Å². The highest BCUT2D eigenvalue weighted by Crippen LogP contribution is 2.19. The SMILES string of the molecule is CC1(C)CNCCN(CC2CCNC2)C1. The highest BCUT2D eigenvalue weighted by molar-refractivity contribution is 4.83. The van der Waals surface area contributed by atoms with Crippen LogP contribution in [-0.4, -0.2) is 50.7 Å². The van der Waals surface area contributed by atoms with Gasteiger partial charge in [-0.05, 0) is 30.8 Å². The Balaban J connectivity index is 1.84. The van der Waals surface area contributed by atoms with E-state index in [0.29, 0.717) is 5.41 Å². The molecule has 0 aromatic heterocycles. The average Bonchev–Trinajstić information content (AvgIpc) is 2.58. The minimum atomic E-state index is 0.433. The lowest BCUT2D eigenvalue weighted by atomic mass is 9.93. The van der Waals surface area contributed by atoms with Crippen LogP contribution in [0.15, 0.2) is 0 Å². The molecule has 15 heavy (non-hydrogen) atoms. The summed E-state index contributed by atoms with van der Waals surface area (Å²) >= 11 is 0. The number of hydrogen-bond donors (Lipinski definition) is 2. The molecule has 3 heteroatoms. The summed E-state index contributed by atoms with van der Waals surface area (Å²) in [5, 5.41) is 6.99. The average molecular weight is 211 g/mol. The lowest BCUT2D eigenvalue weighted by Crippen LogP contribution is -2.38. The number of nitrogens with zero attached hydrogens (tertiary/aromatic N) is 1. The van der Waals surface area contributed by atoms with Crippen molar-refractivity contribution in [3.63, 3.8) is 0 Å². The molecular weight excluding hydrogens is 186 g/mol. The van der Waals surface area contributed by atoms with E-state index in [-0.39, 0.29) is 0 Å². The first kappa shape index (κ1) is 11.4. The van der Waals surface area contributed by atoms with Gasteiger partial charge >= 0.3 is 0 Å². The minimum absolute atomic E-state index is 0.433. The Kier molecular flexibility index (Phi) is 3.65. The van der Waals surface area contributed by atoms with Gasteiger partial charge in [0, 0.05) is 32.7 Å². The fourth-order valence-corrected chi connectivity index (χ4v) is 2.80. The molecule has 0 aromatic carbocycles. The van der Waals surface area contributed by atoms with E-state index in [0.717, 1.165) is 19.0 Å². The van der Waals surface area contributed by atoms with Gasteiger partial charge in [0.2, 0.25) is 0 Å². The van der Waals surface area contributed by atoms with Crippen molar-refractivity contribution in [1.82, 2.24) is 15.5 Å². The second-order valence-corrected chi connectivity index (χ2v) is 5.93. The van der Waals surface area contributed by atoms with Crippen LogP contribution in [0.5, 0.6) is 0 Å². The Morgan fingerprint density at radius 3 is 2.87 bits per heavy atom. The summed E-state index contributed by atoms with van der Waals surface area (Å²) in [6.45, 7) is 13.3. The van der Waals surface area contributed by atoms with Crippen LogP contribution < -0.4 is 10.6 Å². The minimum Gasteiger partial charge on any atom is -0.316 e. The van der Waals surface area contributed by atoms with Crippen LogP contribution in [-0.2, 0) is 0 Å². The van der Waals surface area contributed by atoms with Crippen LogP contribution in [0.4, 0.5) is 0 Å². The van der Waals surface area contributed by atoms with Crippen LogP contribution in [0.25, 0.3) is 0 Å². The lowest BCUT2D eigenvalue weighted by molar-refractivity contribution is 0.185. The molecule has 0 aromatic rings. The molecule has 0 bridgehead atoms.